The predicted molar refractivity (Wildman–Crippen MR) is 91.9 cm³/mol. The lowest BCUT2D eigenvalue weighted by atomic mass is 10.3. The summed E-state index contributed by atoms with van der Waals surface area (Å²) >= 11 is 6.56. The fourth-order valence-corrected chi connectivity index (χ4v) is 3.72. The second kappa shape index (κ2) is 7.92. The number of carbonyl (C=O) groups excluding carboxylic acids is 1. The van der Waals surface area contributed by atoms with Gasteiger partial charge in [-0.3, -0.25) is 9.78 Å². The average molecular weight is 358 g/mol. The summed E-state index contributed by atoms with van der Waals surface area (Å²) < 4.78 is 11.1. The molecule has 2 rings (SSSR count). The van der Waals surface area contributed by atoms with Crippen molar-refractivity contribution in [2.24, 2.45) is 0 Å². The highest BCUT2D eigenvalue weighted by molar-refractivity contribution is 7.90. The fourth-order valence-electron chi connectivity index (χ4n) is 1.87. The zero-order chi connectivity index (χ0) is 16.1. The summed E-state index contributed by atoms with van der Waals surface area (Å²) in [5, 5.41) is 1.64. The van der Waals surface area contributed by atoms with Crippen molar-refractivity contribution in [1.82, 2.24) is 9.97 Å². The SMILES string of the molecule is CCN(C(=O)CC[S+](C)[O-])c1sc(-c2cccnc2)nc1Cl. The number of carbonyl (C=O) groups is 1. The number of aromatic nitrogens is 2. The fraction of sp³-hybridized carbons (Fsp3) is 0.357. The van der Waals surface area contributed by atoms with Crippen molar-refractivity contribution in [2.75, 3.05) is 23.5 Å². The molecule has 0 saturated heterocycles. The topological polar surface area (TPSA) is 69.2 Å². The van der Waals surface area contributed by atoms with Crippen molar-refractivity contribution < 1.29 is 9.35 Å². The molecule has 0 N–H and O–H groups in total. The molecule has 0 bridgehead atoms. The summed E-state index contributed by atoms with van der Waals surface area (Å²) in [4.78, 5) is 22.2. The first-order chi connectivity index (χ1) is 10.5. The molecule has 0 aromatic carbocycles. The monoisotopic (exact) mass is 357 g/mol. The van der Waals surface area contributed by atoms with Crippen LogP contribution in [0.15, 0.2) is 24.5 Å². The lowest BCUT2D eigenvalue weighted by Gasteiger charge is -2.19. The number of hydrogen-bond donors (Lipinski definition) is 0. The van der Waals surface area contributed by atoms with Gasteiger partial charge in [0.05, 0.1) is 12.7 Å². The molecule has 1 unspecified atom stereocenters. The quantitative estimate of drug-likeness (QED) is 0.745. The number of anilines is 1. The number of amides is 1. The molecular weight excluding hydrogens is 342 g/mol. The molecule has 0 saturated carbocycles. The number of rotatable bonds is 6. The third-order valence-corrected chi connectivity index (χ3v) is 5.23. The van der Waals surface area contributed by atoms with E-state index in [0.29, 0.717) is 22.5 Å². The van der Waals surface area contributed by atoms with Crippen molar-refractivity contribution >= 4 is 45.0 Å². The molecule has 2 heterocycles. The van der Waals surface area contributed by atoms with Crippen LogP contribution >= 0.6 is 22.9 Å². The van der Waals surface area contributed by atoms with E-state index >= 15 is 0 Å². The molecule has 8 heteroatoms. The van der Waals surface area contributed by atoms with Gasteiger partial charge in [0.1, 0.15) is 15.8 Å². The first kappa shape index (κ1) is 17.2. The molecular formula is C14H16ClN3O2S2. The summed E-state index contributed by atoms with van der Waals surface area (Å²) in [6, 6.07) is 3.72. The van der Waals surface area contributed by atoms with E-state index in [0.717, 1.165) is 10.6 Å². The molecule has 0 fully saturated rings. The number of nitrogens with zero attached hydrogens (tertiary/aromatic N) is 3. The number of halogens is 1. The van der Waals surface area contributed by atoms with E-state index in [1.165, 1.54) is 11.3 Å². The van der Waals surface area contributed by atoms with Gasteiger partial charge in [-0.25, -0.2) is 4.98 Å². The number of hydrogen-bond acceptors (Lipinski definition) is 5. The van der Waals surface area contributed by atoms with Gasteiger partial charge >= 0.3 is 0 Å². The van der Waals surface area contributed by atoms with Crippen LogP contribution in [-0.4, -0.2) is 39.0 Å². The lowest BCUT2D eigenvalue weighted by Crippen LogP contribution is -2.31. The Morgan fingerprint density at radius 1 is 1.55 bits per heavy atom. The molecule has 1 amide bonds. The van der Waals surface area contributed by atoms with Crippen LogP contribution in [0.5, 0.6) is 0 Å². The van der Waals surface area contributed by atoms with Crippen molar-refractivity contribution in [2.45, 2.75) is 13.3 Å². The van der Waals surface area contributed by atoms with E-state index < -0.39 is 11.2 Å². The van der Waals surface area contributed by atoms with Gasteiger partial charge in [0.25, 0.3) is 0 Å². The predicted octanol–water partition coefficient (Wildman–Crippen LogP) is 2.98. The Balaban J connectivity index is 2.23. The maximum Gasteiger partial charge on any atom is 0.232 e. The Hall–Kier alpha value is -1.15. The molecule has 1 atom stereocenters. The zero-order valence-corrected chi connectivity index (χ0v) is 14.7. The van der Waals surface area contributed by atoms with Gasteiger partial charge in [-0.05, 0) is 19.1 Å². The Bertz CT molecular complexity index is 634. The normalized spacial score (nSPS) is 12.2. The molecule has 0 aliphatic carbocycles. The molecule has 0 aliphatic heterocycles. The molecule has 2 aromatic rings. The van der Waals surface area contributed by atoms with Crippen LogP contribution in [0.25, 0.3) is 10.6 Å². The first-order valence-electron chi connectivity index (χ1n) is 6.70. The second-order valence-electron chi connectivity index (χ2n) is 4.52. The smallest absolute Gasteiger partial charge is 0.232 e. The highest BCUT2D eigenvalue weighted by atomic mass is 35.5. The summed E-state index contributed by atoms with van der Waals surface area (Å²) in [6.45, 7) is 2.37. The summed E-state index contributed by atoms with van der Waals surface area (Å²) in [7, 11) is 0. The van der Waals surface area contributed by atoms with E-state index in [9.17, 15) is 9.35 Å². The minimum absolute atomic E-state index is 0.0963. The van der Waals surface area contributed by atoms with Crippen LogP contribution in [0.3, 0.4) is 0 Å². The average Bonchev–Trinajstić information content (AvgIpc) is 2.89. The molecule has 5 nitrogen and oxygen atoms in total. The van der Waals surface area contributed by atoms with Crippen molar-refractivity contribution in [3.05, 3.63) is 29.7 Å². The number of thiazole rings is 1. The van der Waals surface area contributed by atoms with Crippen molar-refractivity contribution in [3.8, 4) is 10.6 Å². The van der Waals surface area contributed by atoms with Gasteiger partial charge in [0.15, 0.2) is 5.15 Å². The van der Waals surface area contributed by atoms with Crippen molar-refractivity contribution in [1.29, 1.82) is 0 Å². The molecule has 22 heavy (non-hydrogen) atoms. The third kappa shape index (κ3) is 4.19. The van der Waals surface area contributed by atoms with Gasteiger partial charge in [0.2, 0.25) is 5.91 Å². The highest BCUT2D eigenvalue weighted by Gasteiger charge is 2.22. The standard InChI is InChI=1S/C14H16ClN3O2S2/c1-3-18(11(19)6-8-22(2)20)14-12(15)17-13(21-14)10-5-4-7-16-9-10/h4-5,7,9H,3,6,8H2,1-2H3. The van der Waals surface area contributed by atoms with Crippen molar-refractivity contribution in [3.63, 3.8) is 0 Å². The van der Waals surface area contributed by atoms with Gasteiger partial charge in [-0.15, -0.1) is 0 Å². The minimum Gasteiger partial charge on any atom is -0.617 e. The lowest BCUT2D eigenvalue weighted by molar-refractivity contribution is -0.118. The van der Waals surface area contributed by atoms with Crippen LogP contribution in [-0.2, 0) is 16.0 Å². The minimum atomic E-state index is -0.992. The van der Waals surface area contributed by atoms with Gasteiger partial charge < -0.3 is 9.45 Å². The zero-order valence-electron chi connectivity index (χ0n) is 12.3. The van der Waals surface area contributed by atoms with E-state index in [2.05, 4.69) is 9.97 Å². The van der Waals surface area contributed by atoms with E-state index in [-0.39, 0.29) is 12.3 Å². The second-order valence-corrected chi connectivity index (χ2v) is 7.41. The number of pyridine rings is 1. The van der Waals surface area contributed by atoms with E-state index in [1.54, 1.807) is 23.5 Å². The summed E-state index contributed by atoms with van der Waals surface area (Å²) in [6.07, 6.45) is 5.21. The molecule has 0 spiro atoms. The maximum absolute atomic E-state index is 12.3. The molecule has 0 aliphatic rings. The van der Waals surface area contributed by atoms with Crippen LogP contribution < -0.4 is 4.90 Å². The van der Waals surface area contributed by atoms with E-state index in [4.69, 9.17) is 11.6 Å². The Morgan fingerprint density at radius 3 is 2.91 bits per heavy atom. The summed E-state index contributed by atoms with van der Waals surface area (Å²) in [5.74, 6) is 0.252. The maximum atomic E-state index is 12.3. The Morgan fingerprint density at radius 2 is 2.32 bits per heavy atom. The van der Waals surface area contributed by atoms with Gasteiger partial charge in [0, 0.05) is 24.5 Å². The van der Waals surface area contributed by atoms with Crippen LogP contribution in [0.2, 0.25) is 5.15 Å². The summed E-state index contributed by atoms with van der Waals surface area (Å²) in [5.41, 5.74) is 0.860. The Kier molecular flexibility index (Phi) is 6.19. The van der Waals surface area contributed by atoms with Gasteiger partial charge in [-0.1, -0.05) is 34.1 Å². The van der Waals surface area contributed by atoms with Gasteiger partial charge in [-0.2, -0.15) is 0 Å². The third-order valence-electron chi connectivity index (χ3n) is 2.94. The largest absolute Gasteiger partial charge is 0.617 e. The van der Waals surface area contributed by atoms with Crippen LogP contribution in [0, 0.1) is 0 Å². The highest BCUT2D eigenvalue weighted by Crippen LogP contribution is 2.37. The van der Waals surface area contributed by atoms with Crippen LogP contribution in [0.4, 0.5) is 5.00 Å². The van der Waals surface area contributed by atoms with E-state index in [1.807, 2.05) is 19.1 Å². The molecule has 0 radical (unpaired) electrons. The first-order valence-corrected chi connectivity index (χ1v) is 9.62. The van der Waals surface area contributed by atoms with Crippen LogP contribution in [0.1, 0.15) is 13.3 Å². The Labute approximate surface area is 141 Å². The molecule has 118 valence electrons. The molecule has 2 aromatic heterocycles.